The molecule has 0 saturated heterocycles. The van der Waals surface area contributed by atoms with Crippen molar-refractivity contribution in [3.63, 3.8) is 0 Å². The van der Waals surface area contributed by atoms with Crippen molar-refractivity contribution in [3.05, 3.63) is 45.8 Å². The molecule has 0 atom stereocenters. The highest BCUT2D eigenvalue weighted by Crippen LogP contribution is 2.26. The average Bonchev–Trinajstić information content (AvgIpc) is 2.30. The Balaban J connectivity index is 2.36. The highest BCUT2D eigenvalue weighted by molar-refractivity contribution is 6.33. The number of aromatic nitrogens is 2. The van der Waals surface area contributed by atoms with Crippen molar-refractivity contribution in [2.24, 2.45) is 0 Å². The molecule has 1 aromatic heterocycles. The molecule has 0 spiro atoms. The van der Waals surface area contributed by atoms with Crippen molar-refractivity contribution >= 4 is 34.7 Å². The Morgan fingerprint density at radius 2 is 2.00 bits per heavy atom. The van der Waals surface area contributed by atoms with Gasteiger partial charge in [-0.1, -0.05) is 23.2 Å². The smallest absolute Gasteiger partial charge is 0.135 e. The van der Waals surface area contributed by atoms with Crippen LogP contribution in [0, 0.1) is 18.3 Å². The average molecular weight is 279 g/mol. The molecule has 0 unspecified atom stereocenters. The van der Waals surface area contributed by atoms with Gasteiger partial charge in [-0.15, -0.1) is 0 Å². The molecule has 2 rings (SSSR count). The van der Waals surface area contributed by atoms with Crippen molar-refractivity contribution in [2.45, 2.75) is 6.92 Å². The fourth-order valence-electron chi connectivity index (χ4n) is 1.42. The van der Waals surface area contributed by atoms with E-state index in [1.165, 1.54) is 0 Å². The Labute approximate surface area is 114 Å². The molecular weight excluding hydrogens is 271 g/mol. The summed E-state index contributed by atoms with van der Waals surface area (Å²) >= 11 is 11.9. The summed E-state index contributed by atoms with van der Waals surface area (Å²) in [5, 5.41) is 12.7. The number of nitriles is 1. The van der Waals surface area contributed by atoms with E-state index in [9.17, 15) is 0 Å². The van der Waals surface area contributed by atoms with Crippen LogP contribution in [0.1, 0.15) is 11.4 Å². The first-order valence-electron chi connectivity index (χ1n) is 5.06. The van der Waals surface area contributed by atoms with Gasteiger partial charge in [-0.3, -0.25) is 0 Å². The molecule has 6 heteroatoms. The summed E-state index contributed by atoms with van der Waals surface area (Å²) in [5.41, 5.74) is 1.11. The van der Waals surface area contributed by atoms with Crippen molar-refractivity contribution in [1.82, 2.24) is 9.97 Å². The van der Waals surface area contributed by atoms with Crippen LogP contribution in [0.5, 0.6) is 0 Å². The highest BCUT2D eigenvalue weighted by Gasteiger charge is 2.05. The van der Waals surface area contributed by atoms with Crippen LogP contribution in [0.25, 0.3) is 0 Å². The first-order valence-corrected chi connectivity index (χ1v) is 5.82. The van der Waals surface area contributed by atoms with E-state index in [1.54, 1.807) is 31.2 Å². The van der Waals surface area contributed by atoms with Gasteiger partial charge in [0.05, 0.1) is 22.3 Å². The number of hydrogen-bond donors (Lipinski definition) is 1. The van der Waals surface area contributed by atoms with E-state index < -0.39 is 0 Å². The lowest BCUT2D eigenvalue weighted by molar-refractivity contribution is 1.06. The third-order valence-electron chi connectivity index (χ3n) is 2.16. The summed E-state index contributed by atoms with van der Waals surface area (Å²) in [5.74, 6) is 1.09. The van der Waals surface area contributed by atoms with Crippen LogP contribution in [0.4, 0.5) is 11.5 Å². The van der Waals surface area contributed by atoms with Gasteiger partial charge in [0.2, 0.25) is 0 Å². The molecule has 1 aromatic carbocycles. The van der Waals surface area contributed by atoms with E-state index in [4.69, 9.17) is 28.5 Å². The summed E-state index contributed by atoms with van der Waals surface area (Å²) in [4.78, 5) is 8.14. The second-order valence-electron chi connectivity index (χ2n) is 3.55. The maximum atomic E-state index is 8.84. The van der Waals surface area contributed by atoms with Gasteiger partial charge in [-0.25, -0.2) is 9.97 Å². The quantitative estimate of drug-likeness (QED) is 0.851. The van der Waals surface area contributed by atoms with E-state index in [-0.39, 0.29) is 0 Å². The number of nitrogens with one attached hydrogen (secondary N) is 1. The van der Waals surface area contributed by atoms with Crippen molar-refractivity contribution in [1.29, 1.82) is 5.26 Å². The number of nitrogens with zero attached hydrogens (tertiary/aromatic N) is 3. The zero-order chi connectivity index (χ0) is 13.1. The number of aryl methyl sites for hydroxylation is 1. The zero-order valence-electron chi connectivity index (χ0n) is 9.41. The third kappa shape index (κ3) is 2.89. The van der Waals surface area contributed by atoms with E-state index in [1.807, 2.05) is 6.07 Å². The lowest BCUT2D eigenvalue weighted by Gasteiger charge is -2.08. The normalized spacial score (nSPS) is 9.89. The van der Waals surface area contributed by atoms with Crippen LogP contribution in [-0.4, -0.2) is 9.97 Å². The summed E-state index contributed by atoms with van der Waals surface area (Å²) < 4.78 is 0. The standard InChI is InChI=1S/C12H8Cl2N4/c1-7-16-11(14)5-12(17-7)18-10-4-8(6-15)2-3-9(10)13/h2-5H,1H3,(H,16,17,18). The summed E-state index contributed by atoms with van der Waals surface area (Å²) in [6.07, 6.45) is 0. The largest absolute Gasteiger partial charge is 0.339 e. The van der Waals surface area contributed by atoms with Crippen LogP contribution in [-0.2, 0) is 0 Å². The second kappa shape index (κ2) is 5.21. The molecule has 1 heterocycles. The van der Waals surface area contributed by atoms with E-state index in [0.29, 0.717) is 33.1 Å². The van der Waals surface area contributed by atoms with Gasteiger partial charge >= 0.3 is 0 Å². The number of benzene rings is 1. The molecule has 0 aliphatic carbocycles. The highest BCUT2D eigenvalue weighted by atomic mass is 35.5. The Morgan fingerprint density at radius 1 is 1.22 bits per heavy atom. The number of halogens is 2. The summed E-state index contributed by atoms with van der Waals surface area (Å²) in [6.45, 7) is 1.74. The predicted molar refractivity (Wildman–Crippen MR) is 71.2 cm³/mol. The molecule has 0 saturated carbocycles. The van der Waals surface area contributed by atoms with Gasteiger partial charge in [-0.2, -0.15) is 5.26 Å². The molecule has 1 N–H and O–H groups in total. The van der Waals surface area contributed by atoms with Gasteiger partial charge in [0, 0.05) is 6.07 Å². The van der Waals surface area contributed by atoms with E-state index >= 15 is 0 Å². The Kier molecular flexibility index (Phi) is 3.66. The van der Waals surface area contributed by atoms with Gasteiger partial charge in [0.25, 0.3) is 0 Å². The lowest BCUT2D eigenvalue weighted by atomic mass is 10.2. The Morgan fingerprint density at radius 3 is 2.67 bits per heavy atom. The molecule has 0 radical (unpaired) electrons. The fourth-order valence-corrected chi connectivity index (χ4v) is 1.81. The first-order chi connectivity index (χ1) is 8.58. The van der Waals surface area contributed by atoms with E-state index in [2.05, 4.69) is 15.3 Å². The third-order valence-corrected chi connectivity index (χ3v) is 2.69. The summed E-state index contributed by atoms with van der Waals surface area (Å²) in [6, 6.07) is 8.57. The van der Waals surface area contributed by atoms with Gasteiger partial charge in [-0.05, 0) is 25.1 Å². The van der Waals surface area contributed by atoms with Crippen LogP contribution < -0.4 is 5.32 Å². The molecular formula is C12H8Cl2N4. The van der Waals surface area contributed by atoms with Crippen molar-refractivity contribution in [3.8, 4) is 6.07 Å². The molecule has 4 nitrogen and oxygen atoms in total. The molecule has 2 aromatic rings. The van der Waals surface area contributed by atoms with Crippen LogP contribution >= 0.6 is 23.2 Å². The minimum atomic E-state index is 0.345. The molecule has 90 valence electrons. The molecule has 0 amide bonds. The molecule has 0 bridgehead atoms. The van der Waals surface area contributed by atoms with Gasteiger partial charge in [0.1, 0.15) is 16.8 Å². The second-order valence-corrected chi connectivity index (χ2v) is 4.35. The van der Waals surface area contributed by atoms with Crippen LogP contribution in [0.2, 0.25) is 10.2 Å². The molecule has 0 aliphatic heterocycles. The van der Waals surface area contributed by atoms with Crippen LogP contribution in [0.3, 0.4) is 0 Å². The van der Waals surface area contributed by atoms with E-state index in [0.717, 1.165) is 0 Å². The predicted octanol–water partition coefficient (Wildman–Crippen LogP) is 3.71. The zero-order valence-corrected chi connectivity index (χ0v) is 10.9. The lowest BCUT2D eigenvalue weighted by Crippen LogP contribution is -1.98. The molecule has 0 aliphatic rings. The first kappa shape index (κ1) is 12.6. The SMILES string of the molecule is Cc1nc(Cl)cc(Nc2cc(C#N)ccc2Cl)n1. The van der Waals surface area contributed by atoms with Crippen molar-refractivity contribution in [2.75, 3.05) is 5.32 Å². The minimum Gasteiger partial charge on any atom is -0.339 e. The maximum absolute atomic E-state index is 8.84. The Bertz CT molecular complexity index is 614. The van der Waals surface area contributed by atoms with Gasteiger partial charge < -0.3 is 5.32 Å². The maximum Gasteiger partial charge on any atom is 0.135 e. The summed E-state index contributed by atoms with van der Waals surface area (Å²) in [7, 11) is 0. The topological polar surface area (TPSA) is 61.6 Å². The number of hydrogen-bond acceptors (Lipinski definition) is 4. The Hall–Kier alpha value is -1.83. The number of rotatable bonds is 2. The molecule has 18 heavy (non-hydrogen) atoms. The van der Waals surface area contributed by atoms with Crippen molar-refractivity contribution < 1.29 is 0 Å². The molecule has 0 fully saturated rings. The fraction of sp³-hybridized carbons (Fsp3) is 0.0833. The van der Waals surface area contributed by atoms with Gasteiger partial charge in [0.15, 0.2) is 0 Å². The number of anilines is 2. The van der Waals surface area contributed by atoms with Crippen LogP contribution in [0.15, 0.2) is 24.3 Å². The minimum absolute atomic E-state index is 0.345. The monoisotopic (exact) mass is 278 g/mol.